The number of morpholine rings is 1. The highest BCUT2D eigenvalue weighted by atomic mass is 32.1. The van der Waals surface area contributed by atoms with Crippen LogP contribution in [0.4, 0.5) is 9.93 Å². The van der Waals surface area contributed by atoms with Crippen LogP contribution in [0.5, 0.6) is 0 Å². The number of hydrogen-bond acceptors (Lipinski definition) is 7. The molecule has 0 atom stereocenters. The van der Waals surface area contributed by atoms with Gasteiger partial charge in [0.25, 0.3) is 5.91 Å². The third-order valence-corrected chi connectivity index (χ3v) is 6.81. The first kappa shape index (κ1) is 17.7. The fraction of sp³-hybridized carbons (Fsp3) is 0.706. The van der Waals surface area contributed by atoms with E-state index in [1.807, 2.05) is 0 Å². The summed E-state index contributed by atoms with van der Waals surface area (Å²) in [7, 11) is 1.55. The lowest BCUT2D eigenvalue weighted by Gasteiger charge is -2.37. The Kier molecular flexibility index (Phi) is 4.62. The van der Waals surface area contributed by atoms with Crippen LogP contribution >= 0.6 is 11.3 Å². The number of nitrogens with one attached hydrogen (secondary N) is 1. The summed E-state index contributed by atoms with van der Waals surface area (Å²) in [6.45, 7) is 7.82. The number of carbonyl (C=O) groups is 2. The number of thiazole rings is 1. The zero-order chi connectivity index (χ0) is 18.3. The largest absolute Gasteiger partial charge is 0.378 e. The molecule has 0 unspecified atom stereocenters. The molecule has 0 bridgehead atoms. The average Bonchev–Trinajstić information content (AvgIpc) is 3.12. The number of aromatic nitrogens is 1. The number of rotatable bonds is 3. The van der Waals surface area contributed by atoms with Crippen molar-refractivity contribution in [3.63, 3.8) is 0 Å². The van der Waals surface area contributed by atoms with Crippen LogP contribution in [0.2, 0.25) is 0 Å². The van der Waals surface area contributed by atoms with Gasteiger partial charge in [-0.1, -0.05) is 0 Å². The number of amides is 3. The molecule has 3 saturated heterocycles. The first-order chi connectivity index (χ1) is 12.5. The molecule has 0 aromatic carbocycles. The summed E-state index contributed by atoms with van der Waals surface area (Å²) in [6.07, 6.45) is 1.33. The molecule has 142 valence electrons. The SMILES string of the molecule is Cc1nc(N2CCOCC2)sc1CN1CCC2(CC1)NC(=O)N(C)C2=O. The number of likely N-dealkylation sites (tertiary alicyclic amines) is 1. The molecule has 3 aliphatic heterocycles. The third-order valence-electron chi connectivity index (χ3n) is 5.60. The van der Waals surface area contributed by atoms with Crippen LogP contribution in [0.1, 0.15) is 23.4 Å². The topological polar surface area (TPSA) is 78.0 Å². The van der Waals surface area contributed by atoms with Crippen LogP contribution in [0.15, 0.2) is 0 Å². The molecule has 1 aromatic heterocycles. The van der Waals surface area contributed by atoms with E-state index in [-0.39, 0.29) is 11.9 Å². The monoisotopic (exact) mass is 379 g/mol. The molecule has 1 spiro atoms. The Hall–Kier alpha value is -1.71. The number of imide groups is 1. The van der Waals surface area contributed by atoms with E-state index in [1.165, 1.54) is 9.78 Å². The summed E-state index contributed by atoms with van der Waals surface area (Å²) in [6, 6.07) is -0.281. The van der Waals surface area contributed by atoms with Crippen molar-refractivity contribution in [2.75, 3.05) is 51.3 Å². The number of carbonyl (C=O) groups excluding carboxylic acids is 2. The third kappa shape index (κ3) is 3.08. The Morgan fingerprint density at radius 3 is 2.50 bits per heavy atom. The maximum atomic E-state index is 12.4. The molecular formula is C17H25N5O3S. The molecule has 4 rings (SSSR count). The lowest BCUT2D eigenvalue weighted by Crippen LogP contribution is -2.54. The summed E-state index contributed by atoms with van der Waals surface area (Å²) in [5, 5.41) is 3.97. The minimum Gasteiger partial charge on any atom is -0.378 e. The summed E-state index contributed by atoms with van der Waals surface area (Å²) in [5.41, 5.74) is 0.395. The predicted molar refractivity (Wildman–Crippen MR) is 98.4 cm³/mol. The normalized spacial score (nSPS) is 23.8. The van der Waals surface area contributed by atoms with Crippen LogP contribution < -0.4 is 10.2 Å². The van der Waals surface area contributed by atoms with Crippen molar-refractivity contribution in [3.8, 4) is 0 Å². The molecule has 8 nitrogen and oxygen atoms in total. The molecule has 0 saturated carbocycles. The average molecular weight is 379 g/mol. The van der Waals surface area contributed by atoms with Crippen LogP contribution in [-0.4, -0.2) is 78.7 Å². The van der Waals surface area contributed by atoms with E-state index in [2.05, 4.69) is 22.0 Å². The molecule has 0 radical (unpaired) electrons. The van der Waals surface area contributed by atoms with Crippen molar-refractivity contribution < 1.29 is 14.3 Å². The highest BCUT2D eigenvalue weighted by Crippen LogP contribution is 2.32. The molecule has 1 aromatic rings. The van der Waals surface area contributed by atoms with Crippen molar-refractivity contribution >= 4 is 28.4 Å². The van der Waals surface area contributed by atoms with Gasteiger partial charge in [-0.2, -0.15) is 0 Å². The van der Waals surface area contributed by atoms with E-state index in [9.17, 15) is 9.59 Å². The Morgan fingerprint density at radius 1 is 1.19 bits per heavy atom. The van der Waals surface area contributed by atoms with Crippen LogP contribution in [0.25, 0.3) is 0 Å². The number of piperidine rings is 1. The molecule has 3 amide bonds. The van der Waals surface area contributed by atoms with Gasteiger partial charge in [0.2, 0.25) is 0 Å². The second-order valence-electron chi connectivity index (χ2n) is 7.26. The Balaban J connectivity index is 1.38. The fourth-order valence-corrected chi connectivity index (χ4v) is 4.99. The highest BCUT2D eigenvalue weighted by molar-refractivity contribution is 7.15. The standard InChI is InChI=1S/C17H25N5O3S/c1-12-13(26-16(18-12)22-7-9-25-10-8-22)11-21-5-3-17(4-6-21)14(23)20(2)15(24)19-17/h3-11H2,1-2H3,(H,19,24). The van der Waals surface area contributed by atoms with Gasteiger partial charge < -0.3 is 15.0 Å². The van der Waals surface area contributed by atoms with Crippen molar-refractivity contribution in [3.05, 3.63) is 10.6 Å². The molecule has 3 aliphatic rings. The first-order valence-corrected chi connectivity index (χ1v) is 9.92. The van der Waals surface area contributed by atoms with Crippen molar-refractivity contribution in [2.24, 2.45) is 0 Å². The zero-order valence-electron chi connectivity index (χ0n) is 15.3. The Bertz CT molecular complexity index is 707. The molecule has 3 fully saturated rings. The van der Waals surface area contributed by atoms with Crippen LogP contribution in [0.3, 0.4) is 0 Å². The van der Waals surface area contributed by atoms with Crippen LogP contribution in [0, 0.1) is 6.92 Å². The van der Waals surface area contributed by atoms with Gasteiger partial charge in [0.05, 0.1) is 18.9 Å². The Labute approximate surface area is 157 Å². The van der Waals surface area contributed by atoms with Gasteiger partial charge in [-0.15, -0.1) is 11.3 Å². The summed E-state index contributed by atoms with van der Waals surface area (Å²) in [5.74, 6) is -0.0919. The number of nitrogens with zero attached hydrogens (tertiary/aromatic N) is 4. The van der Waals surface area contributed by atoms with Crippen LogP contribution in [-0.2, 0) is 16.1 Å². The highest BCUT2D eigenvalue weighted by Gasteiger charge is 2.50. The van der Waals surface area contributed by atoms with E-state index in [1.54, 1.807) is 18.4 Å². The number of urea groups is 1. The predicted octanol–water partition coefficient (Wildman–Crippen LogP) is 0.804. The van der Waals surface area contributed by atoms with Crippen molar-refractivity contribution in [1.29, 1.82) is 0 Å². The van der Waals surface area contributed by atoms with E-state index in [0.29, 0.717) is 12.8 Å². The van der Waals surface area contributed by atoms with Gasteiger partial charge >= 0.3 is 6.03 Å². The minimum atomic E-state index is -0.690. The fourth-order valence-electron chi connectivity index (χ4n) is 3.84. The van der Waals surface area contributed by atoms with Gasteiger partial charge in [-0.05, 0) is 19.8 Å². The maximum absolute atomic E-state index is 12.4. The number of likely N-dealkylation sites (N-methyl/N-ethyl adjacent to an activating group) is 1. The van der Waals surface area contributed by atoms with Gasteiger partial charge in [0, 0.05) is 44.6 Å². The minimum absolute atomic E-state index is 0.0919. The first-order valence-electron chi connectivity index (χ1n) is 9.10. The number of ether oxygens (including phenoxy) is 1. The summed E-state index contributed by atoms with van der Waals surface area (Å²) in [4.78, 5) is 36.1. The molecule has 1 N–H and O–H groups in total. The van der Waals surface area contributed by atoms with Gasteiger partial charge in [0.15, 0.2) is 5.13 Å². The molecule has 9 heteroatoms. The van der Waals surface area contributed by atoms with Gasteiger partial charge in [-0.25, -0.2) is 9.78 Å². The summed E-state index contributed by atoms with van der Waals surface area (Å²) < 4.78 is 5.42. The number of aryl methyl sites for hydroxylation is 1. The zero-order valence-corrected chi connectivity index (χ0v) is 16.1. The molecular weight excluding hydrogens is 354 g/mol. The van der Waals surface area contributed by atoms with Crippen molar-refractivity contribution in [2.45, 2.75) is 31.8 Å². The van der Waals surface area contributed by atoms with Gasteiger partial charge in [-0.3, -0.25) is 14.6 Å². The van der Waals surface area contributed by atoms with E-state index >= 15 is 0 Å². The van der Waals surface area contributed by atoms with Gasteiger partial charge in [0.1, 0.15) is 5.54 Å². The second kappa shape index (κ2) is 6.79. The lowest BCUT2D eigenvalue weighted by molar-refractivity contribution is -0.132. The van der Waals surface area contributed by atoms with E-state index in [4.69, 9.17) is 9.72 Å². The molecule has 0 aliphatic carbocycles. The maximum Gasteiger partial charge on any atom is 0.324 e. The van der Waals surface area contributed by atoms with Crippen molar-refractivity contribution in [1.82, 2.24) is 20.1 Å². The quantitative estimate of drug-likeness (QED) is 0.783. The number of hydrogen-bond donors (Lipinski definition) is 1. The second-order valence-corrected chi connectivity index (χ2v) is 8.32. The smallest absolute Gasteiger partial charge is 0.324 e. The molecule has 4 heterocycles. The van der Waals surface area contributed by atoms with E-state index < -0.39 is 5.54 Å². The van der Waals surface area contributed by atoms with E-state index in [0.717, 1.165) is 56.8 Å². The summed E-state index contributed by atoms with van der Waals surface area (Å²) >= 11 is 1.76. The Morgan fingerprint density at radius 2 is 1.88 bits per heavy atom. The number of anilines is 1. The lowest BCUT2D eigenvalue weighted by atomic mass is 9.87. The molecule has 26 heavy (non-hydrogen) atoms.